The number of nitrogens with zero attached hydrogens (tertiary/aromatic N) is 3. The second-order valence-electron chi connectivity index (χ2n) is 5.74. The Morgan fingerprint density at radius 3 is 2.71 bits per heavy atom. The number of aryl methyl sites for hydroxylation is 2. The van der Waals surface area contributed by atoms with E-state index in [0.717, 1.165) is 0 Å². The molecule has 2 aliphatic heterocycles. The molecule has 2 fully saturated rings. The number of hydrogen-bond acceptors (Lipinski definition) is 3. The Kier molecular flexibility index (Phi) is 2.43. The van der Waals surface area contributed by atoms with Gasteiger partial charge in [0.05, 0.1) is 17.1 Å². The first-order chi connectivity index (χ1) is 8.11. The number of nitrogens with one attached hydrogen (secondary N) is 1. The molecule has 1 aromatic heterocycles. The third-order valence-corrected chi connectivity index (χ3v) is 4.56. The van der Waals surface area contributed by atoms with Crippen molar-refractivity contribution in [2.45, 2.75) is 26.7 Å². The van der Waals surface area contributed by atoms with E-state index in [1.165, 1.54) is 56.1 Å². The Morgan fingerprint density at radius 1 is 1.29 bits per heavy atom. The summed E-state index contributed by atoms with van der Waals surface area (Å²) < 4.78 is 2.00. The van der Waals surface area contributed by atoms with E-state index in [0.29, 0.717) is 5.41 Å². The molecule has 3 heterocycles. The van der Waals surface area contributed by atoms with Crippen molar-refractivity contribution < 1.29 is 0 Å². The van der Waals surface area contributed by atoms with Crippen LogP contribution in [0.3, 0.4) is 0 Å². The number of anilines is 1. The zero-order valence-electron chi connectivity index (χ0n) is 11.1. The van der Waals surface area contributed by atoms with Gasteiger partial charge in [0.25, 0.3) is 0 Å². The van der Waals surface area contributed by atoms with Gasteiger partial charge >= 0.3 is 0 Å². The average molecular weight is 234 g/mol. The van der Waals surface area contributed by atoms with Gasteiger partial charge < -0.3 is 10.2 Å². The SMILES string of the molecule is Cc1nn(C)c(C)c1N1CCC2(CCNC2)C1. The van der Waals surface area contributed by atoms with Crippen LogP contribution < -0.4 is 10.2 Å². The first kappa shape index (κ1) is 11.1. The van der Waals surface area contributed by atoms with Crippen molar-refractivity contribution in [1.82, 2.24) is 15.1 Å². The Bertz CT molecular complexity index is 429. The monoisotopic (exact) mass is 234 g/mol. The van der Waals surface area contributed by atoms with Crippen molar-refractivity contribution in [3.8, 4) is 0 Å². The summed E-state index contributed by atoms with van der Waals surface area (Å²) in [6.07, 6.45) is 2.66. The van der Waals surface area contributed by atoms with Crippen molar-refractivity contribution in [1.29, 1.82) is 0 Å². The van der Waals surface area contributed by atoms with Gasteiger partial charge in [-0.05, 0) is 33.2 Å². The molecule has 0 aromatic carbocycles. The first-order valence-electron chi connectivity index (χ1n) is 6.57. The lowest BCUT2D eigenvalue weighted by Gasteiger charge is -2.24. The second-order valence-corrected chi connectivity index (χ2v) is 5.74. The minimum Gasteiger partial charge on any atom is -0.368 e. The predicted octanol–water partition coefficient (Wildman–Crippen LogP) is 1.23. The molecule has 0 amide bonds. The lowest BCUT2D eigenvalue weighted by atomic mass is 9.86. The normalized spacial score (nSPS) is 28.5. The molecule has 0 bridgehead atoms. The van der Waals surface area contributed by atoms with Gasteiger partial charge in [0, 0.05) is 32.1 Å². The van der Waals surface area contributed by atoms with Gasteiger partial charge in [-0.15, -0.1) is 0 Å². The van der Waals surface area contributed by atoms with E-state index in [1.54, 1.807) is 0 Å². The fraction of sp³-hybridized carbons (Fsp3) is 0.769. The van der Waals surface area contributed by atoms with Gasteiger partial charge in [-0.2, -0.15) is 5.10 Å². The van der Waals surface area contributed by atoms with E-state index in [2.05, 4.69) is 29.2 Å². The van der Waals surface area contributed by atoms with Crippen molar-refractivity contribution in [3.05, 3.63) is 11.4 Å². The van der Waals surface area contributed by atoms with Crippen LogP contribution in [0.4, 0.5) is 5.69 Å². The molecule has 2 saturated heterocycles. The van der Waals surface area contributed by atoms with Gasteiger partial charge in [-0.1, -0.05) is 0 Å². The molecule has 1 atom stereocenters. The molecule has 17 heavy (non-hydrogen) atoms. The van der Waals surface area contributed by atoms with Gasteiger partial charge in [0.1, 0.15) is 0 Å². The van der Waals surface area contributed by atoms with Crippen LogP contribution in [-0.4, -0.2) is 36.0 Å². The highest BCUT2D eigenvalue weighted by atomic mass is 15.3. The van der Waals surface area contributed by atoms with Crippen LogP contribution in [0.5, 0.6) is 0 Å². The summed E-state index contributed by atoms with van der Waals surface area (Å²) in [6, 6.07) is 0. The quantitative estimate of drug-likeness (QED) is 0.793. The minimum absolute atomic E-state index is 0.536. The highest BCUT2D eigenvalue weighted by Crippen LogP contribution is 2.39. The molecule has 0 saturated carbocycles. The number of aromatic nitrogens is 2. The largest absolute Gasteiger partial charge is 0.368 e. The Labute approximate surface area is 103 Å². The molecule has 1 aromatic rings. The molecular weight excluding hydrogens is 212 g/mol. The second kappa shape index (κ2) is 3.73. The van der Waals surface area contributed by atoms with Gasteiger partial charge in [0.2, 0.25) is 0 Å². The lowest BCUT2D eigenvalue weighted by molar-refractivity contribution is 0.369. The average Bonchev–Trinajstić information content (AvgIpc) is 2.95. The van der Waals surface area contributed by atoms with Crippen molar-refractivity contribution in [2.75, 3.05) is 31.1 Å². The molecule has 1 spiro atoms. The Hall–Kier alpha value is -1.03. The van der Waals surface area contributed by atoms with Crippen molar-refractivity contribution >= 4 is 5.69 Å². The van der Waals surface area contributed by atoms with E-state index in [1.807, 2.05) is 11.7 Å². The lowest BCUT2D eigenvalue weighted by Crippen LogP contribution is -2.29. The van der Waals surface area contributed by atoms with Crippen molar-refractivity contribution in [3.63, 3.8) is 0 Å². The van der Waals surface area contributed by atoms with Gasteiger partial charge in [0.15, 0.2) is 0 Å². The third kappa shape index (κ3) is 1.66. The minimum atomic E-state index is 0.536. The molecule has 1 unspecified atom stereocenters. The summed E-state index contributed by atoms with van der Waals surface area (Å²) in [4.78, 5) is 2.55. The molecular formula is C13H22N4. The number of rotatable bonds is 1. The summed E-state index contributed by atoms with van der Waals surface area (Å²) in [6.45, 7) is 9.08. The maximum absolute atomic E-state index is 4.53. The van der Waals surface area contributed by atoms with Crippen molar-refractivity contribution in [2.24, 2.45) is 12.5 Å². The molecule has 1 N–H and O–H groups in total. The van der Waals surface area contributed by atoms with E-state index >= 15 is 0 Å². The zero-order valence-corrected chi connectivity index (χ0v) is 11.1. The molecule has 4 heteroatoms. The van der Waals surface area contributed by atoms with Crippen LogP contribution >= 0.6 is 0 Å². The Balaban J connectivity index is 1.86. The van der Waals surface area contributed by atoms with Crippen LogP contribution in [0, 0.1) is 19.3 Å². The smallest absolute Gasteiger partial charge is 0.0829 e. The van der Waals surface area contributed by atoms with Crippen LogP contribution in [0.25, 0.3) is 0 Å². The van der Waals surface area contributed by atoms with E-state index in [4.69, 9.17) is 0 Å². The maximum atomic E-state index is 4.53. The van der Waals surface area contributed by atoms with Gasteiger partial charge in [-0.25, -0.2) is 0 Å². The molecule has 94 valence electrons. The maximum Gasteiger partial charge on any atom is 0.0829 e. The predicted molar refractivity (Wildman–Crippen MR) is 69.4 cm³/mol. The highest BCUT2D eigenvalue weighted by Gasteiger charge is 2.41. The van der Waals surface area contributed by atoms with Crippen LogP contribution in [0.1, 0.15) is 24.2 Å². The summed E-state index contributed by atoms with van der Waals surface area (Å²) in [5.41, 5.74) is 4.38. The summed E-state index contributed by atoms with van der Waals surface area (Å²) in [7, 11) is 2.04. The molecule has 0 radical (unpaired) electrons. The fourth-order valence-electron chi connectivity index (χ4n) is 3.49. The van der Waals surface area contributed by atoms with Crippen LogP contribution in [-0.2, 0) is 7.05 Å². The van der Waals surface area contributed by atoms with Crippen LogP contribution in [0.2, 0.25) is 0 Å². The number of hydrogen-bond donors (Lipinski definition) is 1. The fourth-order valence-corrected chi connectivity index (χ4v) is 3.49. The summed E-state index contributed by atoms with van der Waals surface area (Å²) in [5, 5.41) is 8.04. The molecule has 2 aliphatic rings. The van der Waals surface area contributed by atoms with E-state index in [-0.39, 0.29) is 0 Å². The molecule has 3 rings (SSSR count). The topological polar surface area (TPSA) is 33.1 Å². The van der Waals surface area contributed by atoms with E-state index in [9.17, 15) is 0 Å². The highest BCUT2D eigenvalue weighted by molar-refractivity contribution is 5.55. The zero-order chi connectivity index (χ0) is 12.0. The molecule has 0 aliphatic carbocycles. The third-order valence-electron chi connectivity index (χ3n) is 4.56. The summed E-state index contributed by atoms with van der Waals surface area (Å²) in [5.74, 6) is 0. The summed E-state index contributed by atoms with van der Waals surface area (Å²) >= 11 is 0. The van der Waals surface area contributed by atoms with Gasteiger partial charge in [-0.3, -0.25) is 4.68 Å². The van der Waals surface area contributed by atoms with E-state index < -0.39 is 0 Å². The standard InChI is InChI=1S/C13H22N4/c1-10-12(11(2)16(3)15-10)17-7-5-13(9-17)4-6-14-8-13/h14H,4-9H2,1-3H3. The molecule has 4 nitrogen and oxygen atoms in total. The Morgan fingerprint density at radius 2 is 2.12 bits per heavy atom. The van der Waals surface area contributed by atoms with Crippen LogP contribution in [0.15, 0.2) is 0 Å². The first-order valence-corrected chi connectivity index (χ1v) is 6.57.